The molecule has 2 unspecified atom stereocenters. The minimum Gasteiger partial charge on any atom is -0.459 e. The lowest BCUT2D eigenvalue weighted by molar-refractivity contribution is -0.117. The summed E-state index contributed by atoms with van der Waals surface area (Å²) in [6.07, 6.45) is 3.14. The number of hydrogen-bond acceptors (Lipinski definition) is 5. The lowest BCUT2D eigenvalue weighted by Gasteiger charge is -2.36. The molecule has 0 bridgehead atoms. The van der Waals surface area contributed by atoms with Crippen LogP contribution < -0.4 is 10.6 Å². The van der Waals surface area contributed by atoms with Gasteiger partial charge in [-0.3, -0.25) is 9.59 Å². The van der Waals surface area contributed by atoms with Crippen molar-refractivity contribution in [2.45, 2.75) is 24.3 Å². The van der Waals surface area contributed by atoms with Gasteiger partial charge >= 0.3 is 0 Å². The largest absolute Gasteiger partial charge is 0.459 e. The van der Waals surface area contributed by atoms with Crippen molar-refractivity contribution in [2.24, 2.45) is 5.92 Å². The van der Waals surface area contributed by atoms with E-state index in [1.807, 2.05) is 6.92 Å². The zero-order chi connectivity index (χ0) is 21.0. The Balaban J connectivity index is 1.66. The van der Waals surface area contributed by atoms with Gasteiger partial charge in [-0.25, -0.2) is 8.42 Å². The third-order valence-corrected chi connectivity index (χ3v) is 6.76. The highest BCUT2D eigenvalue weighted by Gasteiger charge is 2.33. The lowest BCUT2D eigenvalue weighted by atomic mass is 9.95. The first kappa shape index (κ1) is 20.8. The van der Waals surface area contributed by atoms with Crippen LogP contribution in [0.5, 0.6) is 0 Å². The molecular formula is C20H23N3O5S. The molecule has 2 heterocycles. The van der Waals surface area contributed by atoms with E-state index < -0.39 is 15.9 Å². The van der Waals surface area contributed by atoms with Gasteiger partial charge in [0.1, 0.15) is 0 Å². The van der Waals surface area contributed by atoms with Crippen LogP contribution in [-0.4, -0.2) is 43.7 Å². The molecule has 154 valence electrons. The van der Waals surface area contributed by atoms with E-state index in [4.69, 9.17) is 4.42 Å². The standard InChI is InChI=1S/C20H23N3O5S/c1-3-19(24)22-17-10-11-23(13-14(17)2)29(26,27)16-8-6-15(7-9-16)21-20(25)18-5-4-12-28-18/h3-9,12,14,17H,1,10-11,13H2,2H3,(H,21,25)(H,22,24). The van der Waals surface area contributed by atoms with Crippen molar-refractivity contribution >= 4 is 27.5 Å². The van der Waals surface area contributed by atoms with Gasteiger partial charge in [0.25, 0.3) is 5.91 Å². The van der Waals surface area contributed by atoms with Crippen LogP contribution in [0, 0.1) is 5.92 Å². The molecule has 1 saturated heterocycles. The van der Waals surface area contributed by atoms with Gasteiger partial charge in [0.2, 0.25) is 15.9 Å². The molecule has 29 heavy (non-hydrogen) atoms. The lowest BCUT2D eigenvalue weighted by Crippen LogP contribution is -2.51. The van der Waals surface area contributed by atoms with Crippen molar-refractivity contribution in [1.29, 1.82) is 0 Å². The summed E-state index contributed by atoms with van der Waals surface area (Å²) >= 11 is 0. The Morgan fingerprint density at radius 3 is 2.55 bits per heavy atom. The summed E-state index contributed by atoms with van der Waals surface area (Å²) in [5.41, 5.74) is 0.463. The van der Waals surface area contributed by atoms with Crippen LogP contribution in [0.1, 0.15) is 23.9 Å². The predicted molar refractivity (Wildman–Crippen MR) is 108 cm³/mol. The number of nitrogens with zero attached hydrogens (tertiary/aromatic N) is 1. The number of benzene rings is 1. The third kappa shape index (κ3) is 4.75. The molecule has 0 spiro atoms. The van der Waals surface area contributed by atoms with Crippen molar-refractivity contribution in [2.75, 3.05) is 18.4 Å². The summed E-state index contributed by atoms with van der Waals surface area (Å²) in [5.74, 6) is -0.537. The number of furan rings is 1. The molecule has 0 saturated carbocycles. The van der Waals surface area contributed by atoms with Gasteiger partial charge in [-0.15, -0.1) is 0 Å². The van der Waals surface area contributed by atoms with Gasteiger partial charge in [0, 0.05) is 24.8 Å². The summed E-state index contributed by atoms with van der Waals surface area (Å²) in [5, 5.41) is 5.49. The quantitative estimate of drug-likeness (QED) is 0.701. The zero-order valence-electron chi connectivity index (χ0n) is 16.0. The monoisotopic (exact) mass is 417 g/mol. The second-order valence-corrected chi connectivity index (χ2v) is 8.84. The van der Waals surface area contributed by atoms with Gasteiger partial charge in [-0.1, -0.05) is 13.5 Å². The molecule has 1 aliphatic rings. The fourth-order valence-corrected chi connectivity index (χ4v) is 4.80. The van der Waals surface area contributed by atoms with Crippen molar-refractivity contribution in [3.05, 3.63) is 61.1 Å². The van der Waals surface area contributed by atoms with Gasteiger partial charge in [0.05, 0.1) is 11.2 Å². The molecule has 2 amide bonds. The maximum atomic E-state index is 13.0. The normalized spacial score (nSPS) is 20.0. The molecule has 0 aliphatic carbocycles. The Labute approximate surface area is 169 Å². The third-order valence-electron chi connectivity index (χ3n) is 4.88. The number of anilines is 1. The average molecular weight is 417 g/mol. The summed E-state index contributed by atoms with van der Waals surface area (Å²) in [4.78, 5) is 23.7. The van der Waals surface area contributed by atoms with E-state index in [9.17, 15) is 18.0 Å². The van der Waals surface area contributed by atoms with E-state index in [1.54, 1.807) is 6.07 Å². The van der Waals surface area contributed by atoms with E-state index in [2.05, 4.69) is 17.2 Å². The van der Waals surface area contributed by atoms with Crippen molar-refractivity contribution in [3.8, 4) is 0 Å². The Morgan fingerprint density at radius 2 is 1.97 bits per heavy atom. The minimum atomic E-state index is -3.67. The Bertz CT molecular complexity index is 984. The Hall–Kier alpha value is -2.91. The van der Waals surface area contributed by atoms with E-state index in [0.717, 1.165) is 0 Å². The van der Waals surface area contributed by atoms with Crippen LogP contribution in [0.3, 0.4) is 0 Å². The number of amides is 2. The van der Waals surface area contributed by atoms with Crippen LogP contribution in [0.25, 0.3) is 0 Å². The van der Waals surface area contributed by atoms with E-state index >= 15 is 0 Å². The molecule has 9 heteroatoms. The zero-order valence-corrected chi connectivity index (χ0v) is 16.8. The molecule has 1 fully saturated rings. The second kappa shape index (κ2) is 8.62. The average Bonchev–Trinajstić information content (AvgIpc) is 3.24. The number of nitrogens with one attached hydrogen (secondary N) is 2. The Kier molecular flexibility index (Phi) is 6.19. The molecule has 2 N–H and O–H groups in total. The smallest absolute Gasteiger partial charge is 0.291 e. The van der Waals surface area contributed by atoms with E-state index in [-0.39, 0.29) is 28.5 Å². The first-order chi connectivity index (χ1) is 13.8. The first-order valence-electron chi connectivity index (χ1n) is 9.19. The highest BCUT2D eigenvalue weighted by molar-refractivity contribution is 7.89. The molecule has 2 aromatic rings. The summed E-state index contributed by atoms with van der Waals surface area (Å²) < 4.78 is 32.4. The number of rotatable bonds is 6. The predicted octanol–water partition coefficient (Wildman–Crippen LogP) is 2.23. The topological polar surface area (TPSA) is 109 Å². The van der Waals surface area contributed by atoms with Crippen LogP contribution >= 0.6 is 0 Å². The molecule has 2 atom stereocenters. The highest BCUT2D eigenvalue weighted by Crippen LogP contribution is 2.25. The van der Waals surface area contributed by atoms with E-state index in [0.29, 0.717) is 25.2 Å². The maximum Gasteiger partial charge on any atom is 0.291 e. The molecule has 1 aliphatic heterocycles. The summed E-state index contributed by atoms with van der Waals surface area (Å²) in [6, 6.07) is 9.05. The van der Waals surface area contributed by atoms with Gasteiger partial charge in [-0.05, 0) is 54.8 Å². The van der Waals surface area contributed by atoms with Gasteiger partial charge < -0.3 is 15.1 Å². The molecule has 8 nitrogen and oxygen atoms in total. The first-order valence-corrected chi connectivity index (χ1v) is 10.6. The van der Waals surface area contributed by atoms with Gasteiger partial charge in [0.15, 0.2) is 5.76 Å². The maximum absolute atomic E-state index is 13.0. The molecule has 3 rings (SSSR count). The summed E-state index contributed by atoms with van der Waals surface area (Å²) in [7, 11) is -3.67. The number of piperidine rings is 1. The van der Waals surface area contributed by atoms with Crippen molar-refractivity contribution < 1.29 is 22.4 Å². The summed E-state index contributed by atoms with van der Waals surface area (Å²) in [6.45, 7) is 5.96. The number of carbonyl (C=O) groups excluding carboxylic acids is 2. The number of hydrogen-bond donors (Lipinski definition) is 2. The van der Waals surface area contributed by atoms with Gasteiger partial charge in [-0.2, -0.15) is 4.31 Å². The fraction of sp³-hybridized carbons (Fsp3) is 0.300. The highest BCUT2D eigenvalue weighted by atomic mass is 32.2. The molecule has 0 radical (unpaired) electrons. The van der Waals surface area contributed by atoms with Crippen LogP contribution in [0.2, 0.25) is 0 Å². The molecule has 1 aromatic heterocycles. The van der Waals surface area contributed by atoms with E-state index in [1.165, 1.54) is 47.0 Å². The van der Waals surface area contributed by atoms with Crippen molar-refractivity contribution in [3.63, 3.8) is 0 Å². The van der Waals surface area contributed by atoms with Crippen molar-refractivity contribution in [1.82, 2.24) is 9.62 Å². The number of sulfonamides is 1. The Morgan fingerprint density at radius 1 is 1.24 bits per heavy atom. The number of carbonyl (C=O) groups is 2. The molecular weight excluding hydrogens is 394 g/mol. The van der Waals surface area contributed by atoms with Crippen LogP contribution in [0.15, 0.2) is 64.6 Å². The second-order valence-electron chi connectivity index (χ2n) is 6.90. The fourth-order valence-electron chi connectivity index (χ4n) is 3.24. The van der Waals surface area contributed by atoms with Crippen LogP contribution in [-0.2, 0) is 14.8 Å². The van der Waals surface area contributed by atoms with Crippen LogP contribution in [0.4, 0.5) is 5.69 Å². The SMILES string of the molecule is C=CC(=O)NC1CCN(S(=O)(=O)c2ccc(NC(=O)c3ccco3)cc2)CC1C. The minimum absolute atomic E-state index is 0.0331. The molecule has 1 aromatic carbocycles.